The van der Waals surface area contributed by atoms with Crippen LogP contribution in [0, 0.1) is 6.92 Å². The molecular formula is C16H15N3O3S. The lowest BCUT2D eigenvalue weighted by molar-refractivity contribution is 0.433. The molecule has 0 aliphatic carbocycles. The molecule has 0 unspecified atom stereocenters. The number of aryl methyl sites for hydroxylation is 1. The van der Waals surface area contributed by atoms with Crippen molar-refractivity contribution >= 4 is 15.9 Å². The number of nitrogens with zero attached hydrogens (tertiary/aromatic N) is 1. The third-order valence-electron chi connectivity index (χ3n) is 3.22. The molecule has 3 aromatic rings. The smallest absolute Gasteiger partial charge is 0.257 e. The number of sulfonamides is 1. The van der Waals surface area contributed by atoms with E-state index >= 15 is 0 Å². The molecule has 7 heteroatoms. The lowest BCUT2D eigenvalue weighted by atomic mass is 10.2. The molecule has 2 N–H and O–H groups in total. The summed E-state index contributed by atoms with van der Waals surface area (Å²) in [5.74, 6) is 0.208. The van der Waals surface area contributed by atoms with Crippen molar-refractivity contribution in [2.45, 2.75) is 11.8 Å². The van der Waals surface area contributed by atoms with E-state index in [4.69, 9.17) is 4.52 Å². The van der Waals surface area contributed by atoms with E-state index in [1.54, 1.807) is 18.2 Å². The number of hydrazine groups is 1. The van der Waals surface area contributed by atoms with E-state index in [-0.39, 0.29) is 10.8 Å². The van der Waals surface area contributed by atoms with Gasteiger partial charge < -0.3 is 4.52 Å². The largest absolute Gasteiger partial charge is 0.337 e. The molecule has 1 aromatic heterocycles. The monoisotopic (exact) mass is 329 g/mol. The molecule has 0 saturated carbocycles. The fourth-order valence-electron chi connectivity index (χ4n) is 1.97. The Morgan fingerprint density at radius 1 is 1.00 bits per heavy atom. The predicted octanol–water partition coefficient (Wildman–Crippen LogP) is 2.96. The lowest BCUT2D eigenvalue weighted by Gasteiger charge is -2.06. The molecule has 3 rings (SSSR count). The number of hydrogen-bond acceptors (Lipinski definition) is 5. The first-order chi connectivity index (χ1) is 11.0. The van der Waals surface area contributed by atoms with Crippen LogP contribution in [0.2, 0.25) is 0 Å². The van der Waals surface area contributed by atoms with Crippen LogP contribution in [0.3, 0.4) is 0 Å². The van der Waals surface area contributed by atoms with E-state index < -0.39 is 10.0 Å². The van der Waals surface area contributed by atoms with Crippen molar-refractivity contribution in [1.29, 1.82) is 0 Å². The highest BCUT2D eigenvalue weighted by molar-refractivity contribution is 7.89. The second kappa shape index (κ2) is 6.23. The third kappa shape index (κ3) is 3.58. The minimum absolute atomic E-state index is 0.165. The fraction of sp³-hybridized carbons (Fsp3) is 0.0625. The zero-order chi connectivity index (χ0) is 16.3. The molecule has 0 aliphatic heterocycles. The minimum atomic E-state index is -3.68. The number of nitrogens with one attached hydrogen (secondary N) is 2. The van der Waals surface area contributed by atoms with Gasteiger partial charge in [0.15, 0.2) is 0 Å². The van der Waals surface area contributed by atoms with Crippen molar-refractivity contribution in [1.82, 2.24) is 9.99 Å². The van der Waals surface area contributed by atoms with Gasteiger partial charge in [-0.15, -0.1) is 4.83 Å². The van der Waals surface area contributed by atoms with E-state index in [0.29, 0.717) is 5.69 Å². The van der Waals surface area contributed by atoms with Crippen molar-refractivity contribution in [2.75, 3.05) is 5.43 Å². The molecule has 23 heavy (non-hydrogen) atoms. The second-order valence-electron chi connectivity index (χ2n) is 4.99. The Hall–Kier alpha value is -2.64. The van der Waals surface area contributed by atoms with Crippen LogP contribution in [0.1, 0.15) is 5.56 Å². The first-order valence-corrected chi connectivity index (χ1v) is 8.39. The van der Waals surface area contributed by atoms with E-state index in [2.05, 4.69) is 15.4 Å². The molecular weight excluding hydrogens is 314 g/mol. The van der Waals surface area contributed by atoms with Gasteiger partial charge in [-0.05, 0) is 19.1 Å². The van der Waals surface area contributed by atoms with Gasteiger partial charge in [-0.3, -0.25) is 5.43 Å². The summed E-state index contributed by atoms with van der Waals surface area (Å²) in [7, 11) is -3.68. The second-order valence-corrected chi connectivity index (χ2v) is 6.67. The van der Waals surface area contributed by atoms with Gasteiger partial charge in [-0.1, -0.05) is 53.2 Å². The van der Waals surface area contributed by atoms with E-state index in [9.17, 15) is 8.42 Å². The maximum atomic E-state index is 12.2. The van der Waals surface area contributed by atoms with Gasteiger partial charge in [0, 0.05) is 11.6 Å². The number of hydrogen-bond donors (Lipinski definition) is 2. The van der Waals surface area contributed by atoms with Crippen LogP contribution in [-0.4, -0.2) is 13.6 Å². The number of rotatable bonds is 5. The molecule has 0 saturated heterocycles. The molecule has 0 bridgehead atoms. The maximum absolute atomic E-state index is 12.2. The molecule has 0 spiro atoms. The molecule has 0 amide bonds. The molecule has 0 aliphatic rings. The van der Waals surface area contributed by atoms with Gasteiger partial charge in [0.05, 0.1) is 4.90 Å². The van der Waals surface area contributed by atoms with Gasteiger partial charge in [0.1, 0.15) is 5.69 Å². The number of anilines is 1. The van der Waals surface area contributed by atoms with E-state index in [0.717, 1.165) is 11.1 Å². The average Bonchev–Trinajstić information content (AvgIpc) is 3.03. The summed E-state index contributed by atoms with van der Waals surface area (Å²) in [4.78, 5) is 2.43. The Labute approximate surface area is 134 Å². The van der Waals surface area contributed by atoms with Crippen LogP contribution in [0.4, 0.5) is 5.88 Å². The number of benzene rings is 2. The predicted molar refractivity (Wildman–Crippen MR) is 87.1 cm³/mol. The summed E-state index contributed by atoms with van der Waals surface area (Å²) in [6.07, 6.45) is 0. The first-order valence-electron chi connectivity index (χ1n) is 6.91. The summed E-state index contributed by atoms with van der Waals surface area (Å²) in [5.41, 5.74) is 5.00. The van der Waals surface area contributed by atoms with Gasteiger partial charge in [-0.25, -0.2) is 8.42 Å². The van der Waals surface area contributed by atoms with Crippen molar-refractivity contribution < 1.29 is 12.9 Å². The van der Waals surface area contributed by atoms with Crippen LogP contribution >= 0.6 is 0 Å². The summed E-state index contributed by atoms with van der Waals surface area (Å²) in [5, 5.41) is 3.90. The van der Waals surface area contributed by atoms with Crippen LogP contribution in [-0.2, 0) is 10.0 Å². The Balaban J connectivity index is 1.71. The quantitative estimate of drug-likeness (QED) is 0.703. The summed E-state index contributed by atoms with van der Waals surface area (Å²) >= 11 is 0. The minimum Gasteiger partial charge on any atom is -0.337 e. The third-order valence-corrected chi connectivity index (χ3v) is 4.48. The molecule has 1 heterocycles. The Kier molecular flexibility index (Phi) is 4.14. The van der Waals surface area contributed by atoms with E-state index in [1.165, 1.54) is 12.1 Å². The standard InChI is InChI=1S/C16H15N3O3S/c1-12-7-9-14(10-8-12)23(20,21)19-17-16-11-15(18-22-16)13-5-3-2-4-6-13/h2-11,17,19H,1H3. The Morgan fingerprint density at radius 2 is 1.70 bits per heavy atom. The first kappa shape index (κ1) is 15.3. The zero-order valence-corrected chi connectivity index (χ0v) is 13.2. The highest BCUT2D eigenvalue weighted by Crippen LogP contribution is 2.21. The number of aromatic nitrogens is 1. The van der Waals surface area contributed by atoms with Crippen molar-refractivity contribution in [3.8, 4) is 11.3 Å². The molecule has 0 atom stereocenters. The van der Waals surface area contributed by atoms with Gasteiger partial charge in [0.25, 0.3) is 10.0 Å². The highest BCUT2D eigenvalue weighted by Gasteiger charge is 2.14. The van der Waals surface area contributed by atoms with Crippen molar-refractivity contribution in [3.05, 3.63) is 66.2 Å². The molecule has 0 radical (unpaired) electrons. The van der Waals surface area contributed by atoms with Crippen molar-refractivity contribution in [3.63, 3.8) is 0 Å². The molecule has 2 aromatic carbocycles. The molecule has 118 valence electrons. The van der Waals surface area contributed by atoms with Gasteiger partial charge in [0.2, 0.25) is 5.88 Å². The van der Waals surface area contributed by atoms with Gasteiger partial charge >= 0.3 is 0 Å². The normalized spacial score (nSPS) is 11.3. The zero-order valence-electron chi connectivity index (χ0n) is 12.4. The van der Waals surface area contributed by atoms with Crippen LogP contribution in [0.15, 0.2) is 70.1 Å². The van der Waals surface area contributed by atoms with Gasteiger partial charge in [-0.2, -0.15) is 0 Å². The fourth-order valence-corrected chi connectivity index (χ4v) is 2.82. The lowest BCUT2D eigenvalue weighted by Crippen LogP contribution is -2.29. The van der Waals surface area contributed by atoms with Crippen LogP contribution in [0.5, 0.6) is 0 Å². The summed E-state index contributed by atoms with van der Waals surface area (Å²) in [6.45, 7) is 1.89. The Morgan fingerprint density at radius 3 is 2.39 bits per heavy atom. The SMILES string of the molecule is Cc1ccc(S(=O)(=O)NNc2cc(-c3ccccc3)no2)cc1. The maximum Gasteiger partial charge on any atom is 0.257 e. The summed E-state index contributed by atoms with van der Waals surface area (Å²) < 4.78 is 29.4. The average molecular weight is 329 g/mol. The topological polar surface area (TPSA) is 84.2 Å². The van der Waals surface area contributed by atoms with Crippen LogP contribution in [0.25, 0.3) is 11.3 Å². The Bertz CT molecular complexity index is 888. The molecule has 0 fully saturated rings. The highest BCUT2D eigenvalue weighted by atomic mass is 32.2. The van der Waals surface area contributed by atoms with Crippen molar-refractivity contribution in [2.24, 2.45) is 0 Å². The summed E-state index contributed by atoms with van der Waals surface area (Å²) in [6, 6.07) is 17.6. The van der Waals surface area contributed by atoms with E-state index in [1.807, 2.05) is 37.3 Å². The van der Waals surface area contributed by atoms with Crippen LogP contribution < -0.4 is 10.3 Å². The molecule has 6 nitrogen and oxygen atoms in total.